The molecule has 0 unspecified atom stereocenters. The number of amides is 2. The second-order valence-electron chi connectivity index (χ2n) is 5.77. The maximum atomic E-state index is 11.8. The van der Waals surface area contributed by atoms with E-state index in [1.165, 1.54) is 0 Å². The predicted molar refractivity (Wildman–Crippen MR) is 85.6 cm³/mol. The third-order valence-electron chi connectivity index (χ3n) is 4.19. The SMILES string of the molecule is O=C1N[C@H]([C@H]2NC(=O)[C@H]2Oc2ccccc2)[C@@H]1Oc1ccccc1. The number of β-lactam (4-membered cyclic amide) rings is 2. The Hall–Kier alpha value is -3.02. The van der Waals surface area contributed by atoms with Gasteiger partial charge in [0.25, 0.3) is 11.8 Å². The molecule has 24 heavy (non-hydrogen) atoms. The molecule has 4 rings (SSSR count). The summed E-state index contributed by atoms with van der Waals surface area (Å²) in [5, 5.41) is 5.59. The van der Waals surface area contributed by atoms with Crippen LogP contribution >= 0.6 is 0 Å². The maximum Gasteiger partial charge on any atom is 0.263 e. The summed E-state index contributed by atoms with van der Waals surface area (Å²) in [7, 11) is 0. The van der Waals surface area contributed by atoms with Gasteiger partial charge in [-0.1, -0.05) is 36.4 Å². The zero-order valence-corrected chi connectivity index (χ0v) is 12.7. The molecule has 2 aromatic carbocycles. The van der Waals surface area contributed by atoms with Gasteiger partial charge in [-0.05, 0) is 24.3 Å². The number of ether oxygens (including phenoxy) is 2. The van der Waals surface area contributed by atoms with E-state index in [2.05, 4.69) is 10.6 Å². The molecule has 2 heterocycles. The number of carbonyl (C=O) groups is 2. The molecule has 2 aromatic rings. The number of carbonyl (C=O) groups excluding carboxylic acids is 2. The van der Waals surface area contributed by atoms with E-state index in [0.717, 1.165) is 0 Å². The molecule has 0 aliphatic carbocycles. The van der Waals surface area contributed by atoms with Crippen molar-refractivity contribution in [1.82, 2.24) is 10.6 Å². The number of para-hydroxylation sites is 2. The first-order valence-corrected chi connectivity index (χ1v) is 7.76. The predicted octanol–water partition coefficient (Wildman–Crippen LogP) is 0.878. The summed E-state index contributed by atoms with van der Waals surface area (Å²) in [6.07, 6.45) is -1.28. The Bertz CT molecular complexity index is 685. The molecule has 2 fully saturated rings. The number of benzene rings is 2. The Labute approximate surface area is 138 Å². The molecule has 2 saturated heterocycles. The largest absolute Gasteiger partial charge is 0.478 e. The van der Waals surface area contributed by atoms with Gasteiger partial charge in [0.2, 0.25) is 0 Å². The van der Waals surface area contributed by atoms with Crippen LogP contribution in [0.2, 0.25) is 0 Å². The van der Waals surface area contributed by atoms with Gasteiger partial charge in [-0.15, -0.1) is 0 Å². The zero-order valence-electron chi connectivity index (χ0n) is 12.7. The Morgan fingerprint density at radius 3 is 1.33 bits per heavy atom. The van der Waals surface area contributed by atoms with Crippen LogP contribution in [0.15, 0.2) is 60.7 Å². The minimum atomic E-state index is -0.639. The minimum Gasteiger partial charge on any atom is -0.478 e. The van der Waals surface area contributed by atoms with Gasteiger partial charge in [-0.2, -0.15) is 0 Å². The lowest BCUT2D eigenvalue weighted by atomic mass is 9.85. The highest BCUT2D eigenvalue weighted by atomic mass is 16.5. The lowest BCUT2D eigenvalue weighted by Gasteiger charge is -2.47. The van der Waals surface area contributed by atoms with Crippen LogP contribution in [0, 0.1) is 0 Å². The van der Waals surface area contributed by atoms with Crippen molar-refractivity contribution in [2.75, 3.05) is 0 Å². The number of hydrogen-bond acceptors (Lipinski definition) is 4. The van der Waals surface area contributed by atoms with Gasteiger partial charge in [0.05, 0.1) is 12.1 Å². The molecule has 2 aliphatic rings. The van der Waals surface area contributed by atoms with Crippen LogP contribution in [0.3, 0.4) is 0 Å². The molecule has 0 spiro atoms. The van der Waals surface area contributed by atoms with Crippen LogP contribution in [-0.4, -0.2) is 36.1 Å². The normalized spacial score (nSPS) is 28.0. The summed E-state index contributed by atoms with van der Waals surface area (Å²) in [5.74, 6) is 0.856. The highest BCUT2D eigenvalue weighted by molar-refractivity contribution is 5.93. The summed E-state index contributed by atoms with van der Waals surface area (Å²) < 4.78 is 11.5. The topological polar surface area (TPSA) is 76.7 Å². The lowest BCUT2D eigenvalue weighted by Crippen LogP contribution is -2.81. The molecular weight excluding hydrogens is 308 g/mol. The molecule has 0 bridgehead atoms. The van der Waals surface area contributed by atoms with E-state index in [1.54, 1.807) is 24.3 Å². The van der Waals surface area contributed by atoms with E-state index in [-0.39, 0.29) is 23.9 Å². The fraction of sp³-hybridized carbons (Fsp3) is 0.222. The Kier molecular flexibility index (Phi) is 3.57. The molecule has 2 N–H and O–H groups in total. The average Bonchev–Trinajstić information content (AvgIpc) is 2.62. The smallest absolute Gasteiger partial charge is 0.263 e. The summed E-state index contributed by atoms with van der Waals surface area (Å²) in [6, 6.07) is 17.6. The number of hydrogen-bond donors (Lipinski definition) is 2. The Balaban J connectivity index is 1.45. The van der Waals surface area contributed by atoms with E-state index in [1.807, 2.05) is 36.4 Å². The second-order valence-corrected chi connectivity index (χ2v) is 5.77. The van der Waals surface area contributed by atoms with Crippen LogP contribution in [0.4, 0.5) is 0 Å². The van der Waals surface area contributed by atoms with Gasteiger partial charge in [0.15, 0.2) is 12.2 Å². The molecule has 2 aliphatic heterocycles. The highest BCUT2D eigenvalue weighted by Crippen LogP contribution is 2.26. The molecule has 6 heteroatoms. The van der Waals surface area contributed by atoms with Gasteiger partial charge in [0, 0.05) is 0 Å². The van der Waals surface area contributed by atoms with Crippen molar-refractivity contribution in [2.24, 2.45) is 0 Å². The first-order valence-electron chi connectivity index (χ1n) is 7.76. The Morgan fingerprint density at radius 2 is 1.00 bits per heavy atom. The molecule has 122 valence electrons. The fourth-order valence-corrected chi connectivity index (χ4v) is 2.88. The third kappa shape index (κ3) is 2.56. The first kappa shape index (κ1) is 14.6. The fourth-order valence-electron chi connectivity index (χ4n) is 2.88. The zero-order chi connectivity index (χ0) is 16.5. The van der Waals surface area contributed by atoms with Gasteiger partial charge in [-0.25, -0.2) is 0 Å². The van der Waals surface area contributed by atoms with Gasteiger partial charge in [-0.3, -0.25) is 9.59 Å². The van der Waals surface area contributed by atoms with Gasteiger partial charge >= 0.3 is 0 Å². The van der Waals surface area contributed by atoms with Crippen molar-refractivity contribution in [3.63, 3.8) is 0 Å². The van der Waals surface area contributed by atoms with Crippen LogP contribution in [0.25, 0.3) is 0 Å². The van der Waals surface area contributed by atoms with E-state index < -0.39 is 12.2 Å². The number of nitrogens with one attached hydrogen (secondary N) is 2. The van der Waals surface area contributed by atoms with Crippen LogP contribution < -0.4 is 20.1 Å². The van der Waals surface area contributed by atoms with Crippen molar-refractivity contribution in [3.05, 3.63) is 60.7 Å². The minimum absolute atomic E-state index is 0.191. The standard InChI is InChI=1S/C18H16N2O4/c21-17-15(23-11-7-3-1-4-8-11)13(19-17)14-16(18(22)20-14)24-12-9-5-2-6-10-12/h1-10,13-16H,(H,19,21)(H,20,22)/t13-,14-,15+,16+/m1/s1. The molecule has 0 saturated carbocycles. The third-order valence-corrected chi connectivity index (χ3v) is 4.19. The van der Waals surface area contributed by atoms with Crippen molar-refractivity contribution in [1.29, 1.82) is 0 Å². The van der Waals surface area contributed by atoms with Crippen molar-refractivity contribution in [3.8, 4) is 11.5 Å². The van der Waals surface area contributed by atoms with E-state index in [9.17, 15) is 9.59 Å². The Morgan fingerprint density at radius 1 is 0.625 bits per heavy atom. The van der Waals surface area contributed by atoms with E-state index >= 15 is 0 Å². The summed E-state index contributed by atoms with van der Waals surface area (Å²) >= 11 is 0. The molecule has 4 atom stereocenters. The van der Waals surface area contributed by atoms with Crippen LogP contribution in [0.1, 0.15) is 0 Å². The van der Waals surface area contributed by atoms with Gasteiger partial charge in [0.1, 0.15) is 11.5 Å². The monoisotopic (exact) mass is 324 g/mol. The van der Waals surface area contributed by atoms with E-state index in [0.29, 0.717) is 11.5 Å². The summed E-state index contributed by atoms with van der Waals surface area (Å²) in [5.41, 5.74) is 0. The summed E-state index contributed by atoms with van der Waals surface area (Å²) in [6.45, 7) is 0. The van der Waals surface area contributed by atoms with Gasteiger partial charge < -0.3 is 20.1 Å². The van der Waals surface area contributed by atoms with Crippen molar-refractivity contribution >= 4 is 11.8 Å². The average molecular weight is 324 g/mol. The van der Waals surface area contributed by atoms with Crippen LogP contribution in [-0.2, 0) is 9.59 Å². The molecular formula is C18H16N2O4. The maximum absolute atomic E-state index is 11.8. The van der Waals surface area contributed by atoms with Crippen LogP contribution in [0.5, 0.6) is 11.5 Å². The number of rotatable bonds is 5. The molecule has 6 nitrogen and oxygen atoms in total. The molecule has 2 amide bonds. The second kappa shape index (κ2) is 5.88. The quantitative estimate of drug-likeness (QED) is 0.801. The highest BCUT2D eigenvalue weighted by Gasteiger charge is 2.56. The van der Waals surface area contributed by atoms with E-state index in [4.69, 9.17) is 9.47 Å². The van der Waals surface area contributed by atoms with Crippen molar-refractivity contribution < 1.29 is 19.1 Å². The molecule has 0 radical (unpaired) electrons. The summed E-state index contributed by atoms with van der Waals surface area (Å²) in [4.78, 5) is 23.7. The lowest BCUT2D eigenvalue weighted by molar-refractivity contribution is -0.154. The molecule has 0 aromatic heterocycles. The first-order chi connectivity index (χ1) is 11.7. The van der Waals surface area contributed by atoms with Crippen molar-refractivity contribution in [2.45, 2.75) is 24.3 Å².